The molecule has 1 N–H and O–H groups in total. The normalized spacial score (nSPS) is 26.7. The molecular formula is C18H27N3O2S. The van der Waals surface area contributed by atoms with E-state index in [0.29, 0.717) is 24.0 Å². The van der Waals surface area contributed by atoms with Gasteiger partial charge in [0.25, 0.3) is 0 Å². The Morgan fingerprint density at radius 1 is 1.25 bits per heavy atom. The number of guanidine groups is 1. The van der Waals surface area contributed by atoms with Gasteiger partial charge in [0.05, 0.1) is 11.5 Å². The highest BCUT2D eigenvalue weighted by Gasteiger charge is 2.29. The molecule has 2 aliphatic rings. The van der Waals surface area contributed by atoms with Crippen LogP contribution in [-0.2, 0) is 16.3 Å². The summed E-state index contributed by atoms with van der Waals surface area (Å²) in [7, 11) is -1.00. The Labute approximate surface area is 145 Å². The lowest BCUT2D eigenvalue weighted by molar-refractivity contribution is 0.450. The van der Waals surface area contributed by atoms with Gasteiger partial charge in [-0.1, -0.05) is 30.3 Å². The number of likely N-dealkylation sites (tertiary alicyclic amines) is 1. The molecule has 132 valence electrons. The van der Waals surface area contributed by atoms with Crippen molar-refractivity contribution in [3.63, 3.8) is 0 Å². The summed E-state index contributed by atoms with van der Waals surface area (Å²) in [6.07, 6.45) is 3.05. The molecule has 0 aliphatic carbocycles. The first kappa shape index (κ1) is 17.3. The monoisotopic (exact) mass is 349 g/mol. The van der Waals surface area contributed by atoms with Gasteiger partial charge in [-0.25, -0.2) is 8.42 Å². The molecule has 2 fully saturated rings. The predicted octanol–water partition coefficient (Wildman–Crippen LogP) is 1.56. The van der Waals surface area contributed by atoms with Gasteiger partial charge in [-0.15, -0.1) is 0 Å². The van der Waals surface area contributed by atoms with Gasteiger partial charge in [0.2, 0.25) is 0 Å². The smallest absolute Gasteiger partial charge is 0.193 e. The number of aliphatic imine (C=N–C) groups is 1. The van der Waals surface area contributed by atoms with E-state index < -0.39 is 9.84 Å². The number of hydrogen-bond donors (Lipinski definition) is 1. The van der Waals surface area contributed by atoms with Crippen LogP contribution in [0.5, 0.6) is 0 Å². The first-order chi connectivity index (χ1) is 11.6. The summed E-state index contributed by atoms with van der Waals surface area (Å²) in [5, 5.41) is 3.39. The third-order valence-electron chi connectivity index (χ3n) is 5.04. The molecular weight excluding hydrogens is 322 g/mol. The zero-order chi connectivity index (χ0) is 17.0. The van der Waals surface area contributed by atoms with Gasteiger partial charge in [0.15, 0.2) is 15.8 Å². The Bertz CT molecular complexity index is 673. The molecule has 0 bridgehead atoms. The van der Waals surface area contributed by atoms with E-state index in [0.717, 1.165) is 31.9 Å². The molecule has 0 radical (unpaired) electrons. The fourth-order valence-electron chi connectivity index (χ4n) is 3.74. The standard InChI is InChI=1S/C18H27N3O2S/c1-19-18(20-12-17-8-10-24(22,23)14-17)21-9-7-16(13-21)11-15-5-3-2-4-6-15/h2-6,16-17H,7-14H2,1H3,(H,19,20). The zero-order valence-corrected chi connectivity index (χ0v) is 15.1. The van der Waals surface area contributed by atoms with Crippen molar-refractivity contribution in [1.29, 1.82) is 0 Å². The molecule has 2 saturated heterocycles. The van der Waals surface area contributed by atoms with Crippen LogP contribution in [0.15, 0.2) is 35.3 Å². The van der Waals surface area contributed by atoms with E-state index in [-0.39, 0.29) is 5.92 Å². The molecule has 5 nitrogen and oxygen atoms in total. The minimum absolute atomic E-state index is 0.217. The molecule has 6 heteroatoms. The van der Waals surface area contributed by atoms with Gasteiger partial charge >= 0.3 is 0 Å². The SMILES string of the molecule is CN=C(NCC1CCS(=O)(=O)C1)N1CCC(Cc2ccccc2)C1. The lowest BCUT2D eigenvalue weighted by Gasteiger charge is -2.23. The first-order valence-corrected chi connectivity index (χ1v) is 10.6. The van der Waals surface area contributed by atoms with E-state index in [1.807, 2.05) is 0 Å². The number of nitrogens with zero attached hydrogens (tertiary/aromatic N) is 2. The summed E-state index contributed by atoms with van der Waals surface area (Å²) >= 11 is 0. The van der Waals surface area contributed by atoms with E-state index >= 15 is 0 Å². The molecule has 2 aliphatic heterocycles. The summed E-state index contributed by atoms with van der Waals surface area (Å²) in [6, 6.07) is 10.6. The molecule has 1 aromatic rings. The van der Waals surface area contributed by atoms with Crippen LogP contribution in [0.25, 0.3) is 0 Å². The second-order valence-electron chi connectivity index (χ2n) is 6.99. The Kier molecular flexibility index (Phi) is 5.43. The molecule has 1 aromatic carbocycles. The van der Waals surface area contributed by atoms with Crippen LogP contribution in [-0.4, -0.2) is 57.5 Å². The second kappa shape index (κ2) is 7.55. The van der Waals surface area contributed by atoms with Crippen LogP contribution in [0, 0.1) is 11.8 Å². The van der Waals surface area contributed by atoms with Gasteiger partial charge in [0.1, 0.15) is 0 Å². The number of rotatable bonds is 4. The van der Waals surface area contributed by atoms with Crippen molar-refractivity contribution >= 4 is 15.8 Å². The molecule has 2 unspecified atom stereocenters. The fraction of sp³-hybridized carbons (Fsp3) is 0.611. The van der Waals surface area contributed by atoms with Crippen molar-refractivity contribution in [2.24, 2.45) is 16.8 Å². The number of nitrogens with one attached hydrogen (secondary N) is 1. The van der Waals surface area contributed by atoms with Crippen molar-refractivity contribution in [2.45, 2.75) is 19.3 Å². The van der Waals surface area contributed by atoms with Crippen molar-refractivity contribution < 1.29 is 8.42 Å². The molecule has 0 amide bonds. The van der Waals surface area contributed by atoms with Gasteiger partial charge in [-0.05, 0) is 36.7 Å². The minimum Gasteiger partial charge on any atom is -0.356 e. The average molecular weight is 350 g/mol. The maximum atomic E-state index is 11.6. The topological polar surface area (TPSA) is 61.8 Å². The van der Waals surface area contributed by atoms with Gasteiger partial charge in [-0.3, -0.25) is 4.99 Å². The summed E-state index contributed by atoms with van der Waals surface area (Å²) in [4.78, 5) is 6.69. The molecule has 0 spiro atoms. The molecule has 24 heavy (non-hydrogen) atoms. The molecule has 3 rings (SSSR count). The van der Waals surface area contributed by atoms with Crippen LogP contribution >= 0.6 is 0 Å². The Morgan fingerprint density at radius 2 is 2.04 bits per heavy atom. The second-order valence-corrected chi connectivity index (χ2v) is 9.22. The fourth-order valence-corrected chi connectivity index (χ4v) is 5.60. The van der Waals surface area contributed by atoms with Crippen LogP contribution in [0.3, 0.4) is 0 Å². The quantitative estimate of drug-likeness (QED) is 0.662. The Hall–Kier alpha value is -1.56. The van der Waals surface area contributed by atoms with Crippen LogP contribution in [0.2, 0.25) is 0 Å². The zero-order valence-electron chi connectivity index (χ0n) is 14.3. The van der Waals surface area contributed by atoms with Crippen molar-refractivity contribution in [2.75, 3.05) is 38.2 Å². The molecule has 0 saturated carbocycles. The van der Waals surface area contributed by atoms with E-state index in [9.17, 15) is 8.42 Å². The summed E-state index contributed by atoms with van der Waals surface area (Å²) in [5.41, 5.74) is 1.39. The van der Waals surface area contributed by atoms with E-state index in [4.69, 9.17) is 0 Å². The largest absolute Gasteiger partial charge is 0.356 e. The number of hydrogen-bond acceptors (Lipinski definition) is 3. The van der Waals surface area contributed by atoms with E-state index in [1.54, 1.807) is 7.05 Å². The lowest BCUT2D eigenvalue weighted by atomic mass is 9.99. The van der Waals surface area contributed by atoms with E-state index in [2.05, 4.69) is 45.5 Å². The number of sulfone groups is 1. The van der Waals surface area contributed by atoms with Crippen molar-refractivity contribution in [3.05, 3.63) is 35.9 Å². The average Bonchev–Trinajstić information content (AvgIpc) is 3.16. The van der Waals surface area contributed by atoms with Crippen LogP contribution in [0.1, 0.15) is 18.4 Å². The molecule has 2 atom stereocenters. The van der Waals surface area contributed by atoms with Gasteiger partial charge in [-0.2, -0.15) is 0 Å². The number of benzene rings is 1. The van der Waals surface area contributed by atoms with Crippen molar-refractivity contribution in [1.82, 2.24) is 10.2 Å². The first-order valence-electron chi connectivity index (χ1n) is 8.75. The Balaban J connectivity index is 1.48. The summed E-state index contributed by atoms with van der Waals surface area (Å²) in [5.74, 6) is 2.43. The predicted molar refractivity (Wildman–Crippen MR) is 97.9 cm³/mol. The van der Waals surface area contributed by atoms with Crippen LogP contribution < -0.4 is 5.32 Å². The highest BCUT2D eigenvalue weighted by atomic mass is 32.2. The van der Waals surface area contributed by atoms with Crippen molar-refractivity contribution in [3.8, 4) is 0 Å². The third kappa shape index (κ3) is 4.50. The Morgan fingerprint density at radius 3 is 2.71 bits per heavy atom. The van der Waals surface area contributed by atoms with Crippen LogP contribution in [0.4, 0.5) is 0 Å². The summed E-state index contributed by atoms with van der Waals surface area (Å²) in [6.45, 7) is 2.73. The molecule has 2 heterocycles. The van der Waals surface area contributed by atoms with E-state index in [1.165, 1.54) is 12.0 Å². The van der Waals surface area contributed by atoms with Gasteiger partial charge in [0, 0.05) is 26.7 Å². The minimum atomic E-state index is -2.81. The maximum Gasteiger partial charge on any atom is 0.193 e. The maximum absolute atomic E-state index is 11.6. The lowest BCUT2D eigenvalue weighted by Crippen LogP contribution is -2.42. The highest BCUT2D eigenvalue weighted by molar-refractivity contribution is 7.91. The highest BCUT2D eigenvalue weighted by Crippen LogP contribution is 2.21. The molecule has 0 aromatic heterocycles. The van der Waals surface area contributed by atoms with Gasteiger partial charge < -0.3 is 10.2 Å². The third-order valence-corrected chi connectivity index (χ3v) is 6.88. The summed E-state index contributed by atoms with van der Waals surface area (Å²) < 4.78 is 23.1.